The predicted molar refractivity (Wildman–Crippen MR) is 356 cm³/mol. The molecule has 6 heteroatoms. The molecule has 0 nitrogen and oxygen atoms in total. The first-order valence-electron chi connectivity index (χ1n) is 27.6. The van der Waals surface area contributed by atoms with Gasteiger partial charge in [-0.05, 0) is 90.8 Å². The Bertz CT molecular complexity index is 3730. The molecule has 83 heavy (non-hydrogen) atoms. The fourth-order valence-electron chi connectivity index (χ4n) is 12.7. The zero-order valence-corrected chi connectivity index (χ0v) is 53.8. The Morgan fingerprint density at radius 2 is 0.482 bits per heavy atom. The molecule has 0 saturated heterocycles. The maximum absolute atomic E-state index is 7.86. The van der Waals surface area contributed by atoms with Gasteiger partial charge in [-0.25, -0.2) is 0 Å². The molecule has 0 bridgehead atoms. The predicted octanol–water partition coefficient (Wildman–Crippen LogP) is 10.6. The summed E-state index contributed by atoms with van der Waals surface area (Å²) in [5.41, 5.74) is 6.62. The number of hydrogen-bond acceptors (Lipinski definition) is 0. The van der Waals surface area contributed by atoms with Crippen molar-refractivity contribution in [1.82, 2.24) is 0 Å². The van der Waals surface area contributed by atoms with Gasteiger partial charge in [-0.15, -0.1) is 23.3 Å². The second-order valence-corrected chi connectivity index (χ2v) is 33.5. The smallest absolute Gasteiger partial charge is 0.366 e. The van der Waals surface area contributed by atoms with Crippen molar-refractivity contribution in [2.75, 3.05) is 5.90 Å². The van der Waals surface area contributed by atoms with Gasteiger partial charge in [0, 0.05) is 0 Å². The van der Waals surface area contributed by atoms with E-state index in [9.17, 15) is 0 Å². The Hall–Kier alpha value is -7.47. The van der Waals surface area contributed by atoms with Gasteiger partial charge in [-0.1, -0.05) is 288 Å². The van der Waals surface area contributed by atoms with E-state index >= 15 is 0 Å². The Morgan fingerprint density at radius 1 is 0.253 bits per heavy atom. The molecule has 0 radical (unpaired) electrons. The molecule has 2 aliphatic rings. The van der Waals surface area contributed by atoms with E-state index in [1.54, 1.807) is 0 Å². The standard InChI is InChI=1S/2C26H17Si.C25H22P2.2Au/c2*1-2-20-12-11-19-25-26(20)23-17-9-10-18-24(23)27(25,21-13-5-3-6-14-21)22-15-7-4-8-16-22;1-5-13-22(14-6-1)26(23-15-7-2-8-16-23)21-27(24-17-9-3-10-18-24)25-19-11-4-12-20-25;;/h2*3-19H;1-20H,21H2;;/q2*-1;;2*+1/p+2. The Labute approximate surface area is 526 Å². The molecule has 0 N–H and O–H groups in total. The molecule has 0 fully saturated rings. The molecule has 2 heterocycles. The summed E-state index contributed by atoms with van der Waals surface area (Å²) in [6.45, 7) is 0. The first-order chi connectivity index (χ1) is 40.2. The van der Waals surface area contributed by atoms with Crippen molar-refractivity contribution in [3.8, 4) is 34.1 Å². The molecule has 0 spiro atoms. The van der Waals surface area contributed by atoms with Crippen LogP contribution in [0.1, 0.15) is 11.1 Å². The van der Waals surface area contributed by atoms with Gasteiger partial charge < -0.3 is 12.8 Å². The van der Waals surface area contributed by atoms with Crippen molar-refractivity contribution in [2.45, 2.75) is 0 Å². The van der Waals surface area contributed by atoms with Gasteiger partial charge in [-0.2, -0.15) is 0 Å². The van der Waals surface area contributed by atoms with Crippen LogP contribution in [0.25, 0.3) is 22.3 Å². The van der Waals surface area contributed by atoms with Gasteiger partial charge in [0.15, 0.2) is 22.1 Å². The quantitative estimate of drug-likeness (QED) is 0.0554. The third kappa shape index (κ3) is 11.3. The summed E-state index contributed by atoms with van der Waals surface area (Å²) >= 11 is 0. The molecule has 12 aromatic rings. The van der Waals surface area contributed by atoms with Gasteiger partial charge in [0.05, 0.1) is 0 Å². The number of hydrogen-bond donors (Lipinski definition) is 0. The summed E-state index contributed by atoms with van der Waals surface area (Å²) in [6.07, 6.45) is 15.7. The van der Waals surface area contributed by atoms with Gasteiger partial charge >= 0.3 is 44.8 Å². The maximum Gasteiger partial charge on any atom is 1.00 e. The Morgan fingerprint density at radius 3 is 0.747 bits per heavy atom. The van der Waals surface area contributed by atoms with Gasteiger partial charge in [0.1, 0.15) is 37.1 Å². The Balaban J connectivity index is 0.000000137. The molecule has 0 unspecified atom stereocenters. The van der Waals surface area contributed by atoms with Crippen LogP contribution >= 0.6 is 15.8 Å². The van der Waals surface area contributed by atoms with E-state index < -0.39 is 32.0 Å². The zero-order valence-electron chi connectivity index (χ0n) is 45.5. The maximum atomic E-state index is 7.86. The van der Waals surface area contributed by atoms with Crippen molar-refractivity contribution in [3.05, 3.63) is 352 Å². The molecule has 12 aromatic carbocycles. The van der Waals surface area contributed by atoms with Crippen LogP contribution in [0.5, 0.6) is 0 Å². The third-order valence-corrected chi connectivity index (χ3v) is 32.8. The van der Waals surface area contributed by atoms with Crippen LogP contribution in [0.2, 0.25) is 0 Å². The Kier molecular flexibility index (Phi) is 19.3. The van der Waals surface area contributed by atoms with E-state index in [-0.39, 0.29) is 44.8 Å². The summed E-state index contributed by atoms with van der Waals surface area (Å²) in [4.78, 5) is 0. The molecule has 0 aliphatic carbocycles. The van der Waals surface area contributed by atoms with Crippen molar-refractivity contribution in [2.24, 2.45) is 0 Å². The van der Waals surface area contributed by atoms with E-state index in [1.165, 1.54) is 90.9 Å². The SMILES string of the molecule is [Au+].[Au+].[C-]#Cc1cccc2c1-c1ccccc1[Si]2(c1ccccc1)c1ccccc1.[C-]#Cc1cccc2c1-c1ccccc1[Si]2(c1ccccc1)c1ccccc1.c1ccc([PH+](C[PH+](c2ccccc2)c2ccccc2)c2ccccc2)cc1. The van der Waals surface area contributed by atoms with Crippen LogP contribution in [0.15, 0.2) is 328 Å². The average molecular weight is 1500 g/mol. The summed E-state index contributed by atoms with van der Waals surface area (Å²) in [7, 11) is -6.49. The zero-order chi connectivity index (χ0) is 54.9. The van der Waals surface area contributed by atoms with E-state index in [0.29, 0.717) is 0 Å². The van der Waals surface area contributed by atoms with Crippen LogP contribution < -0.4 is 62.7 Å². The fraction of sp³-hybridized carbons (Fsp3) is 0.0130. The number of rotatable bonds is 10. The molecule has 0 aromatic heterocycles. The van der Waals surface area contributed by atoms with E-state index in [1.807, 2.05) is 12.1 Å². The molecule has 0 saturated carbocycles. The van der Waals surface area contributed by atoms with Crippen molar-refractivity contribution in [1.29, 1.82) is 0 Å². The number of benzene rings is 12. The van der Waals surface area contributed by atoms with Crippen LogP contribution in [0.3, 0.4) is 0 Å². The molecule has 0 amide bonds. The number of fused-ring (bicyclic) bond motifs is 6. The first-order valence-corrected chi connectivity index (χ1v) is 35.0. The third-order valence-electron chi connectivity index (χ3n) is 16.1. The summed E-state index contributed by atoms with van der Waals surface area (Å²) in [5, 5.41) is 17.1. The van der Waals surface area contributed by atoms with Crippen molar-refractivity contribution in [3.63, 3.8) is 0 Å². The molecular weight excluding hydrogens is 1440 g/mol. The largest absolute Gasteiger partial charge is 1.00 e. The molecule has 14 rings (SSSR count). The minimum atomic E-state index is -2.40. The second-order valence-electron chi connectivity index (χ2n) is 20.4. The topological polar surface area (TPSA) is 0 Å². The normalized spacial score (nSPS) is 12.3. The summed E-state index contributed by atoms with van der Waals surface area (Å²) in [6, 6.07) is 118. The molecule has 404 valence electrons. The molecule has 0 atom stereocenters. The van der Waals surface area contributed by atoms with Crippen LogP contribution in [0, 0.1) is 24.7 Å². The minimum Gasteiger partial charge on any atom is -0.366 e. The van der Waals surface area contributed by atoms with Crippen molar-refractivity contribution < 1.29 is 44.8 Å². The van der Waals surface area contributed by atoms with Gasteiger partial charge in [0.25, 0.3) is 0 Å². The van der Waals surface area contributed by atoms with Crippen LogP contribution in [-0.4, -0.2) is 22.1 Å². The van der Waals surface area contributed by atoms with Gasteiger partial charge in [0.2, 0.25) is 0 Å². The van der Waals surface area contributed by atoms with Crippen LogP contribution in [-0.2, 0) is 44.8 Å². The van der Waals surface area contributed by atoms with Gasteiger partial charge in [-0.3, -0.25) is 11.8 Å². The van der Waals surface area contributed by atoms with E-state index in [4.69, 9.17) is 12.8 Å². The minimum absolute atomic E-state index is 0. The fourth-order valence-corrected chi connectivity index (χ4v) is 30.8. The second kappa shape index (κ2) is 27.3. The van der Waals surface area contributed by atoms with E-state index in [0.717, 1.165) is 11.1 Å². The monoisotopic (exact) mass is 1490 g/mol. The molecular formula is C77H58Au2P2Si2+2. The van der Waals surface area contributed by atoms with Crippen molar-refractivity contribution >= 4 is 94.7 Å². The summed E-state index contributed by atoms with van der Waals surface area (Å²) < 4.78 is 0. The van der Waals surface area contributed by atoms with Crippen LogP contribution in [0.4, 0.5) is 0 Å². The van der Waals surface area contributed by atoms with E-state index in [2.05, 4.69) is 327 Å². The average Bonchev–Trinajstić information content (AvgIpc) is 2.18. The molecule has 2 aliphatic heterocycles. The first kappa shape index (κ1) is 58.7. The summed E-state index contributed by atoms with van der Waals surface area (Å²) in [5.74, 6) is 6.61.